The first-order valence-corrected chi connectivity index (χ1v) is 6.19. The number of amides is 2. The van der Waals surface area contributed by atoms with E-state index in [1.165, 1.54) is 6.07 Å². The number of urea groups is 1. The van der Waals surface area contributed by atoms with Crippen LogP contribution < -0.4 is 16.3 Å². The Labute approximate surface area is 115 Å². The van der Waals surface area contributed by atoms with Crippen molar-refractivity contribution >= 4 is 22.7 Å². The summed E-state index contributed by atoms with van der Waals surface area (Å²) in [5, 5.41) is 6.19. The number of hydrogen-bond acceptors (Lipinski definition) is 4. The van der Waals surface area contributed by atoms with Crippen LogP contribution in [0.4, 0.5) is 10.5 Å². The molecule has 0 radical (unpaired) electrons. The highest BCUT2D eigenvalue weighted by atomic mass is 16.5. The van der Waals surface area contributed by atoms with Gasteiger partial charge in [-0.2, -0.15) is 0 Å². The van der Waals surface area contributed by atoms with Gasteiger partial charge >= 0.3 is 11.7 Å². The lowest BCUT2D eigenvalue weighted by molar-refractivity contribution is 0.173. The van der Waals surface area contributed by atoms with Crippen LogP contribution in [0, 0.1) is 0 Å². The van der Waals surface area contributed by atoms with Crippen LogP contribution in [0.3, 0.4) is 0 Å². The highest BCUT2D eigenvalue weighted by Crippen LogP contribution is 2.17. The van der Waals surface area contributed by atoms with Gasteiger partial charge in [0, 0.05) is 24.2 Å². The molecule has 6 heteroatoms. The minimum absolute atomic E-state index is 0.0847. The van der Waals surface area contributed by atoms with E-state index in [1.807, 2.05) is 6.92 Å². The molecule has 1 unspecified atom stereocenters. The van der Waals surface area contributed by atoms with Gasteiger partial charge in [0.15, 0.2) is 0 Å². The zero-order chi connectivity index (χ0) is 14.5. The van der Waals surface area contributed by atoms with Crippen LogP contribution in [0.2, 0.25) is 0 Å². The van der Waals surface area contributed by atoms with Crippen LogP contribution in [-0.4, -0.2) is 25.8 Å². The van der Waals surface area contributed by atoms with E-state index in [0.29, 0.717) is 17.9 Å². The molecular formula is C14H16N2O4. The molecule has 0 aliphatic carbocycles. The molecule has 2 aromatic rings. The number of carbonyl (C=O) groups is 1. The van der Waals surface area contributed by atoms with Crippen LogP contribution in [0.25, 0.3) is 11.0 Å². The third-order valence-electron chi connectivity index (χ3n) is 2.67. The lowest BCUT2D eigenvalue weighted by atomic mass is 10.2. The molecule has 2 N–H and O–H groups in total. The SMILES string of the molecule is COCC(C)NC(=O)Nc1ccc2oc(=O)ccc2c1. The average Bonchev–Trinajstić information content (AvgIpc) is 2.39. The van der Waals surface area contributed by atoms with Crippen LogP contribution >= 0.6 is 0 Å². The molecule has 0 aliphatic rings. The third kappa shape index (κ3) is 3.58. The number of anilines is 1. The summed E-state index contributed by atoms with van der Waals surface area (Å²) in [7, 11) is 1.58. The van der Waals surface area contributed by atoms with Gasteiger partial charge in [-0.05, 0) is 31.2 Å². The van der Waals surface area contributed by atoms with E-state index in [9.17, 15) is 9.59 Å². The Morgan fingerprint density at radius 2 is 2.15 bits per heavy atom. The maximum atomic E-state index is 11.7. The van der Waals surface area contributed by atoms with E-state index in [2.05, 4.69) is 10.6 Å². The highest BCUT2D eigenvalue weighted by Gasteiger charge is 2.07. The van der Waals surface area contributed by atoms with Crippen LogP contribution in [0.15, 0.2) is 39.5 Å². The van der Waals surface area contributed by atoms with Crippen LogP contribution in [0.5, 0.6) is 0 Å². The Hall–Kier alpha value is -2.34. The average molecular weight is 276 g/mol. The largest absolute Gasteiger partial charge is 0.423 e. The van der Waals surface area contributed by atoms with Gasteiger partial charge in [0.25, 0.3) is 0 Å². The second-order valence-electron chi connectivity index (χ2n) is 4.46. The fourth-order valence-electron chi connectivity index (χ4n) is 1.83. The zero-order valence-corrected chi connectivity index (χ0v) is 11.3. The Kier molecular flexibility index (Phi) is 4.37. The Morgan fingerprint density at radius 3 is 2.90 bits per heavy atom. The van der Waals surface area contributed by atoms with E-state index in [0.717, 1.165) is 5.39 Å². The van der Waals surface area contributed by atoms with E-state index in [1.54, 1.807) is 31.4 Å². The Morgan fingerprint density at radius 1 is 1.35 bits per heavy atom. The molecule has 0 saturated heterocycles. The molecule has 0 saturated carbocycles. The van der Waals surface area contributed by atoms with Gasteiger partial charge in [-0.25, -0.2) is 9.59 Å². The van der Waals surface area contributed by atoms with E-state index in [4.69, 9.17) is 9.15 Å². The van der Waals surface area contributed by atoms with E-state index in [-0.39, 0.29) is 12.1 Å². The number of ether oxygens (including phenoxy) is 1. The quantitative estimate of drug-likeness (QED) is 0.836. The summed E-state index contributed by atoms with van der Waals surface area (Å²) in [6, 6.07) is 7.64. The highest BCUT2D eigenvalue weighted by molar-refractivity contribution is 5.92. The number of methoxy groups -OCH3 is 1. The molecule has 1 aromatic heterocycles. The minimum atomic E-state index is -0.399. The predicted octanol–water partition coefficient (Wildman–Crippen LogP) is 1.95. The number of fused-ring (bicyclic) bond motifs is 1. The summed E-state index contributed by atoms with van der Waals surface area (Å²) < 4.78 is 9.96. The third-order valence-corrected chi connectivity index (χ3v) is 2.67. The molecule has 6 nitrogen and oxygen atoms in total. The molecule has 1 aromatic carbocycles. The van der Waals surface area contributed by atoms with Crippen molar-refractivity contribution in [2.75, 3.05) is 19.0 Å². The molecule has 2 amide bonds. The Balaban J connectivity index is 2.08. The number of benzene rings is 1. The fraction of sp³-hybridized carbons (Fsp3) is 0.286. The number of rotatable bonds is 4. The summed E-state index contributed by atoms with van der Waals surface area (Å²) in [6.45, 7) is 2.29. The summed E-state index contributed by atoms with van der Waals surface area (Å²) in [5.41, 5.74) is 0.703. The molecule has 2 rings (SSSR count). The van der Waals surface area contributed by atoms with Gasteiger partial charge in [-0.15, -0.1) is 0 Å². The van der Waals surface area contributed by atoms with Gasteiger partial charge in [0.2, 0.25) is 0 Å². The normalized spacial score (nSPS) is 12.1. The standard InChI is InChI=1S/C14H16N2O4/c1-9(8-19-2)15-14(18)16-11-4-5-12-10(7-11)3-6-13(17)20-12/h3-7,9H,8H2,1-2H3,(H2,15,16,18). The molecule has 0 aliphatic heterocycles. The number of nitrogens with one attached hydrogen (secondary N) is 2. The van der Waals surface area contributed by atoms with Crippen molar-refractivity contribution in [1.82, 2.24) is 5.32 Å². The van der Waals surface area contributed by atoms with Crippen molar-refractivity contribution < 1.29 is 13.9 Å². The van der Waals surface area contributed by atoms with Crippen molar-refractivity contribution in [2.45, 2.75) is 13.0 Å². The molecular weight excluding hydrogens is 260 g/mol. The number of hydrogen-bond donors (Lipinski definition) is 2. The smallest absolute Gasteiger partial charge is 0.336 e. The summed E-state index contributed by atoms with van der Waals surface area (Å²) in [4.78, 5) is 22.8. The summed E-state index contributed by atoms with van der Waals surface area (Å²) >= 11 is 0. The van der Waals surface area contributed by atoms with Gasteiger partial charge < -0.3 is 19.8 Å². The van der Waals surface area contributed by atoms with Crippen molar-refractivity contribution in [2.24, 2.45) is 0 Å². The predicted molar refractivity (Wildman–Crippen MR) is 76.0 cm³/mol. The van der Waals surface area contributed by atoms with Gasteiger partial charge in [-0.3, -0.25) is 0 Å². The van der Waals surface area contributed by atoms with Crippen LogP contribution in [-0.2, 0) is 4.74 Å². The molecule has 106 valence electrons. The second kappa shape index (κ2) is 6.21. The maximum Gasteiger partial charge on any atom is 0.336 e. The van der Waals surface area contributed by atoms with E-state index >= 15 is 0 Å². The van der Waals surface area contributed by atoms with Gasteiger partial charge in [0.1, 0.15) is 5.58 Å². The van der Waals surface area contributed by atoms with Crippen molar-refractivity contribution in [1.29, 1.82) is 0 Å². The molecule has 0 bridgehead atoms. The monoisotopic (exact) mass is 276 g/mol. The van der Waals surface area contributed by atoms with Crippen molar-refractivity contribution in [3.05, 3.63) is 40.8 Å². The first-order chi connectivity index (χ1) is 9.58. The Bertz CT molecular complexity index is 666. The molecule has 0 fully saturated rings. The first kappa shape index (κ1) is 14.1. The molecule has 20 heavy (non-hydrogen) atoms. The summed E-state index contributed by atoms with van der Waals surface area (Å²) in [5.74, 6) is 0. The van der Waals surface area contributed by atoms with Crippen molar-refractivity contribution in [3.63, 3.8) is 0 Å². The maximum absolute atomic E-state index is 11.7. The molecule has 1 atom stereocenters. The number of carbonyl (C=O) groups excluding carboxylic acids is 1. The zero-order valence-electron chi connectivity index (χ0n) is 11.3. The minimum Gasteiger partial charge on any atom is -0.423 e. The second-order valence-corrected chi connectivity index (χ2v) is 4.46. The van der Waals surface area contributed by atoms with Gasteiger partial charge in [0.05, 0.1) is 12.6 Å². The van der Waals surface area contributed by atoms with E-state index < -0.39 is 5.63 Å². The van der Waals surface area contributed by atoms with Gasteiger partial charge in [-0.1, -0.05) is 0 Å². The van der Waals surface area contributed by atoms with Crippen molar-refractivity contribution in [3.8, 4) is 0 Å². The lowest BCUT2D eigenvalue weighted by Crippen LogP contribution is -2.38. The topological polar surface area (TPSA) is 80.6 Å². The first-order valence-electron chi connectivity index (χ1n) is 6.19. The molecule has 1 heterocycles. The molecule has 0 spiro atoms. The fourth-order valence-corrected chi connectivity index (χ4v) is 1.83. The van der Waals surface area contributed by atoms with Crippen LogP contribution in [0.1, 0.15) is 6.92 Å². The lowest BCUT2D eigenvalue weighted by Gasteiger charge is -2.13. The summed E-state index contributed by atoms with van der Waals surface area (Å²) in [6.07, 6.45) is 0.